The highest BCUT2D eigenvalue weighted by molar-refractivity contribution is 7.91. The molecule has 2 fully saturated rings. The standard InChI is InChI=1S/C18H18N2O3S/c21-18-19(11-14-7-3-1-4-8-14)16-12-24(22,23)13-17(16)20(18)15-9-5-2-6-10-15/h1-10,16-17H,11-13H2/t16-,17+/m1/s1. The highest BCUT2D eigenvalue weighted by atomic mass is 32.2. The zero-order valence-corrected chi connectivity index (χ0v) is 13.9. The molecule has 2 aliphatic rings. The fourth-order valence-corrected chi connectivity index (χ4v) is 5.58. The van der Waals surface area contributed by atoms with Gasteiger partial charge in [-0.15, -0.1) is 0 Å². The number of amides is 2. The van der Waals surface area contributed by atoms with Gasteiger partial charge >= 0.3 is 6.03 Å². The minimum absolute atomic E-state index is 0.0313. The molecule has 0 N–H and O–H groups in total. The molecular weight excluding hydrogens is 324 g/mol. The largest absolute Gasteiger partial charge is 0.325 e. The average Bonchev–Trinajstić information content (AvgIpc) is 3.00. The molecule has 124 valence electrons. The Bertz CT molecular complexity index is 852. The van der Waals surface area contributed by atoms with Gasteiger partial charge in [0.15, 0.2) is 9.84 Å². The van der Waals surface area contributed by atoms with Gasteiger partial charge in [-0.05, 0) is 17.7 Å². The van der Waals surface area contributed by atoms with Crippen LogP contribution in [0.1, 0.15) is 5.56 Å². The smallest absolute Gasteiger partial charge is 0.314 e. The number of benzene rings is 2. The summed E-state index contributed by atoms with van der Waals surface area (Å²) in [5.41, 5.74) is 1.76. The van der Waals surface area contributed by atoms with Crippen LogP contribution in [0.15, 0.2) is 60.7 Å². The molecule has 0 saturated carbocycles. The molecule has 6 heteroatoms. The van der Waals surface area contributed by atoms with Gasteiger partial charge in [0.2, 0.25) is 0 Å². The lowest BCUT2D eigenvalue weighted by molar-refractivity contribution is 0.206. The number of hydrogen-bond donors (Lipinski definition) is 0. The third-order valence-corrected chi connectivity index (χ3v) is 6.41. The maximum Gasteiger partial charge on any atom is 0.325 e. The molecule has 0 aromatic heterocycles. The summed E-state index contributed by atoms with van der Waals surface area (Å²) in [4.78, 5) is 16.3. The molecule has 0 unspecified atom stereocenters. The number of anilines is 1. The Morgan fingerprint density at radius 2 is 1.46 bits per heavy atom. The van der Waals surface area contributed by atoms with Gasteiger partial charge in [-0.2, -0.15) is 0 Å². The lowest BCUT2D eigenvalue weighted by Gasteiger charge is -2.22. The van der Waals surface area contributed by atoms with Crippen molar-refractivity contribution in [1.82, 2.24) is 4.90 Å². The number of para-hydroxylation sites is 1. The van der Waals surface area contributed by atoms with E-state index in [1.165, 1.54) is 0 Å². The molecule has 0 radical (unpaired) electrons. The fraction of sp³-hybridized carbons (Fsp3) is 0.278. The number of rotatable bonds is 3. The Kier molecular flexibility index (Phi) is 3.57. The van der Waals surface area contributed by atoms with E-state index < -0.39 is 9.84 Å². The second-order valence-corrected chi connectivity index (χ2v) is 8.47. The van der Waals surface area contributed by atoms with Crippen molar-refractivity contribution in [1.29, 1.82) is 0 Å². The first-order valence-corrected chi connectivity index (χ1v) is 9.76. The molecule has 0 bridgehead atoms. The number of fused-ring (bicyclic) bond motifs is 1. The Morgan fingerprint density at radius 3 is 2.12 bits per heavy atom. The lowest BCUT2D eigenvalue weighted by atomic mass is 10.1. The normalized spacial score (nSPS) is 25.1. The lowest BCUT2D eigenvalue weighted by Crippen LogP contribution is -2.37. The van der Waals surface area contributed by atoms with Crippen LogP contribution < -0.4 is 4.90 Å². The van der Waals surface area contributed by atoms with Crippen LogP contribution in [0, 0.1) is 0 Å². The zero-order valence-electron chi connectivity index (χ0n) is 13.1. The summed E-state index contributed by atoms with van der Waals surface area (Å²) in [6.45, 7) is 0.430. The van der Waals surface area contributed by atoms with Crippen LogP contribution in [0.3, 0.4) is 0 Å². The summed E-state index contributed by atoms with van der Waals surface area (Å²) >= 11 is 0. The van der Waals surface area contributed by atoms with Crippen molar-refractivity contribution in [3.63, 3.8) is 0 Å². The van der Waals surface area contributed by atoms with E-state index in [1.807, 2.05) is 60.7 Å². The van der Waals surface area contributed by atoms with Crippen molar-refractivity contribution >= 4 is 21.6 Å². The minimum atomic E-state index is -3.13. The number of carbonyl (C=O) groups is 1. The van der Waals surface area contributed by atoms with E-state index in [-0.39, 0.29) is 29.6 Å². The molecular formula is C18H18N2O3S. The number of carbonyl (C=O) groups excluding carboxylic acids is 1. The molecule has 2 atom stereocenters. The van der Waals surface area contributed by atoms with Gasteiger partial charge in [-0.3, -0.25) is 4.90 Å². The van der Waals surface area contributed by atoms with Gasteiger partial charge in [0.05, 0.1) is 23.6 Å². The van der Waals surface area contributed by atoms with Crippen molar-refractivity contribution in [3.8, 4) is 0 Å². The van der Waals surface area contributed by atoms with Crippen LogP contribution in [0.2, 0.25) is 0 Å². The number of nitrogens with zero attached hydrogens (tertiary/aromatic N) is 2. The third-order valence-electron chi connectivity index (χ3n) is 4.71. The zero-order chi connectivity index (χ0) is 16.7. The number of urea groups is 1. The van der Waals surface area contributed by atoms with Gasteiger partial charge in [-0.25, -0.2) is 13.2 Å². The van der Waals surface area contributed by atoms with Crippen LogP contribution >= 0.6 is 0 Å². The van der Waals surface area contributed by atoms with Crippen LogP contribution in [-0.4, -0.2) is 42.9 Å². The Hall–Kier alpha value is -2.34. The van der Waals surface area contributed by atoms with Crippen molar-refractivity contribution in [2.75, 3.05) is 16.4 Å². The quantitative estimate of drug-likeness (QED) is 0.804. The van der Waals surface area contributed by atoms with Gasteiger partial charge in [-0.1, -0.05) is 48.5 Å². The van der Waals surface area contributed by atoms with E-state index in [2.05, 4.69) is 0 Å². The van der Waals surface area contributed by atoms with Crippen LogP contribution in [0.25, 0.3) is 0 Å². The van der Waals surface area contributed by atoms with Crippen molar-refractivity contribution in [2.45, 2.75) is 18.6 Å². The topological polar surface area (TPSA) is 57.7 Å². The monoisotopic (exact) mass is 342 g/mol. The second kappa shape index (κ2) is 5.63. The van der Waals surface area contributed by atoms with Crippen molar-refractivity contribution < 1.29 is 13.2 Å². The van der Waals surface area contributed by atoms with E-state index >= 15 is 0 Å². The Labute approximate surface area is 141 Å². The SMILES string of the molecule is O=C1N(Cc2ccccc2)[C@@H]2CS(=O)(=O)C[C@@H]2N1c1ccccc1. The van der Waals surface area contributed by atoms with E-state index in [4.69, 9.17) is 0 Å². The molecule has 4 rings (SSSR count). The second-order valence-electron chi connectivity index (χ2n) is 6.31. The first-order valence-electron chi connectivity index (χ1n) is 7.94. The van der Waals surface area contributed by atoms with E-state index in [9.17, 15) is 13.2 Å². The molecule has 5 nitrogen and oxygen atoms in total. The molecule has 0 spiro atoms. The molecule has 2 aromatic carbocycles. The minimum Gasteiger partial charge on any atom is -0.314 e. The predicted molar refractivity (Wildman–Crippen MR) is 92.5 cm³/mol. The summed E-state index contributed by atoms with van der Waals surface area (Å²) in [5.74, 6) is 0.0726. The maximum atomic E-state index is 13.0. The fourth-order valence-electron chi connectivity index (χ4n) is 3.63. The van der Waals surface area contributed by atoms with E-state index in [0.29, 0.717) is 6.54 Å². The first kappa shape index (κ1) is 15.2. The molecule has 24 heavy (non-hydrogen) atoms. The average molecular weight is 342 g/mol. The summed E-state index contributed by atoms with van der Waals surface area (Å²) in [7, 11) is -3.13. The molecule has 2 heterocycles. The highest BCUT2D eigenvalue weighted by Gasteiger charge is 2.53. The molecule has 2 amide bonds. The van der Waals surface area contributed by atoms with Gasteiger partial charge in [0, 0.05) is 12.2 Å². The molecule has 2 saturated heterocycles. The van der Waals surface area contributed by atoms with Crippen molar-refractivity contribution in [3.05, 3.63) is 66.2 Å². The van der Waals surface area contributed by atoms with Gasteiger partial charge < -0.3 is 4.90 Å². The summed E-state index contributed by atoms with van der Waals surface area (Å²) in [5, 5.41) is 0. The summed E-state index contributed by atoms with van der Waals surface area (Å²) in [6.07, 6.45) is 0. The molecule has 2 aliphatic heterocycles. The van der Waals surface area contributed by atoms with E-state index in [1.54, 1.807) is 9.80 Å². The first-order chi connectivity index (χ1) is 11.6. The predicted octanol–water partition coefficient (Wildman–Crippen LogP) is 2.29. The summed E-state index contributed by atoms with van der Waals surface area (Å²) in [6, 6.07) is 18.3. The van der Waals surface area contributed by atoms with Crippen molar-refractivity contribution in [2.24, 2.45) is 0 Å². The third kappa shape index (κ3) is 2.57. The summed E-state index contributed by atoms with van der Waals surface area (Å²) < 4.78 is 24.3. The Balaban J connectivity index is 1.71. The molecule has 0 aliphatic carbocycles. The van der Waals surface area contributed by atoms with Crippen LogP contribution in [-0.2, 0) is 16.4 Å². The molecule has 2 aromatic rings. The highest BCUT2D eigenvalue weighted by Crippen LogP contribution is 2.35. The maximum absolute atomic E-state index is 13.0. The number of sulfone groups is 1. The van der Waals surface area contributed by atoms with Gasteiger partial charge in [0.25, 0.3) is 0 Å². The van der Waals surface area contributed by atoms with Crippen LogP contribution in [0.4, 0.5) is 10.5 Å². The van der Waals surface area contributed by atoms with E-state index in [0.717, 1.165) is 11.3 Å². The van der Waals surface area contributed by atoms with Crippen LogP contribution in [0.5, 0.6) is 0 Å². The number of hydrogen-bond acceptors (Lipinski definition) is 3. The Morgan fingerprint density at radius 1 is 0.875 bits per heavy atom. The van der Waals surface area contributed by atoms with Gasteiger partial charge in [0.1, 0.15) is 0 Å².